The number of amides is 1. The molecule has 0 aliphatic heterocycles. The first-order chi connectivity index (χ1) is 10.6. The van der Waals surface area contributed by atoms with Crippen LogP contribution in [-0.2, 0) is 6.42 Å². The highest BCUT2D eigenvalue weighted by atomic mass is 16.3. The molecule has 0 aliphatic rings. The number of hydrogen-bond acceptors (Lipinski definition) is 3. The number of aromatic nitrogens is 2. The molecule has 2 aromatic heterocycles. The second-order valence-electron chi connectivity index (χ2n) is 5.27. The number of carbonyl (C=O) groups excluding carboxylic acids is 1. The lowest BCUT2D eigenvalue weighted by Gasteiger charge is -2.03. The molecule has 0 saturated carbocycles. The van der Waals surface area contributed by atoms with Crippen LogP contribution in [0.3, 0.4) is 0 Å². The minimum Gasteiger partial charge on any atom is -0.508 e. The number of aromatic hydroxyl groups is 1. The normalized spacial score (nSPS) is 10.8. The van der Waals surface area contributed by atoms with E-state index in [1.165, 1.54) is 0 Å². The molecule has 0 bridgehead atoms. The molecular weight excluding hydrogens is 278 g/mol. The number of hydrogen-bond donors (Lipinski definition) is 2. The highest BCUT2D eigenvalue weighted by Crippen LogP contribution is 2.10. The summed E-state index contributed by atoms with van der Waals surface area (Å²) in [6.45, 7) is 2.52. The van der Waals surface area contributed by atoms with Crippen molar-refractivity contribution in [1.82, 2.24) is 14.7 Å². The molecule has 0 radical (unpaired) electrons. The number of benzene rings is 1. The lowest BCUT2D eigenvalue weighted by Crippen LogP contribution is -2.25. The molecule has 0 spiro atoms. The second-order valence-corrected chi connectivity index (χ2v) is 5.27. The Labute approximate surface area is 128 Å². The summed E-state index contributed by atoms with van der Waals surface area (Å²) in [6, 6.07) is 10.9. The second kappa shape index (κ2) is 5.89. The van der Waals surface area contributed by atoms with E-state index in [4.69, 9.17) is 0 Å². The monoisotopic (exact) mass is 295 g/mol. The van der Waals surface area contributed by atoms with Gasteiger partial charge in [0.05, 0.1) is 0 Å². The molecule has 2 N–H and O–H groups in total. The number of imidazole rings is 1. The van der Waals surface area contributed by atoms with Crippen molar-refractivity contribution in [2.24, 2.45) is 0 Å². The van der Waals surface area contributed by atoms with Crippen LogP contribution in [0.1, 0.15) is 21.6 Å². The number of nitrogens with one attached hydrogen (secondary N) is 1. The van der Waals surface area contributed by atoms with Crippen LogP contribution >= 0.6 is 0 Å². The van der Waals surface area contributed by atoms with E-state index in [9.17, 15) is 9.90 Å². The zero-order valence-electron chi connectivity index (χ0n) is 12.3. The van der Waals surface area contributed by atoms with Gasteiger partial charge in [-0.2, -0.15) is 0 Å². The lowest BCUT2D eigenvalue weighted by molar-refractivity contribution is 0.0949. The van der Waals surface area contributed by atoms with Gasteiger partial charge in [0.15, 0.2) is 0 Å². The van der Waals surface area contributed by atoms with E-state index in [2.05, 4.69) is 10.3 Å². The fraction of sp³-hybridized carbons (Fsp3) is 0.176. The van der Waals surface area contributed by atoms with Crippen molar-refractivity contribution in [3.63, 3.8) is 0 Å². The predicted octanol–water partition coefficient (Wildman–Crippen LogP) is 2.32. The standard InChI is InChI=1S/C17H17N3O2/c1-12-7-9-20-11-15(19-16(20)10-12)17(22)18-8-6-13-2-4-14(21)5-3-13/h2-5,7,9-11,21H,6,8H2,1H3,(H,18,22). The first-order valence-electron chi connectivity index (χ1n) is 7.13. The molecule has 5 nitrogen and oxygen atoms in total. The third-order valence-electron chi connectivity index (χ3n) is 3.48. The van der Waals surface area contributed by atoms with E-state index in [1.54, 1.807) is 18.3 Å². The summed E-state index contributed by atoms with van der Waals surface area (Å²) < 4.78 is 1.84. The van der Waals surface area contributed by atoms with Gasteiger partial charge < -0.3 is 14.8 Å². The molecule has 0 atom stereocenters. The molecule has 0 aliphatic carbocycles. The van der Waals surface area contributed by atoms with Gasteiger partial charge in [-0.25, -0.2) is 4.98 Å². The van der Waals surface area contributed by atoms with Crippen molar-refractivity contribution in [1.29, 1.82) is 0 Å². The largest absolute Gasteiger partial charge is 0.508 e. The Morgan fingerprint density at radius 1 is 1.27 bits per heavy atom. The Balaban J connectivity index is 1.62. The van der Waals surface area contributed by atoms with Crippen molar-refractivity contribution in [2.75, 3.05) is 6.54 Å². The van der Waals surface area contributed by atoms with Crippen LogP contribution in [0.25, 0.3) is 5.65 Å². The Hall–Kier alpha value is -2.82. The number of rotatable bonds is 4. The molecule has 2 heterocycles. The molecule has 3 aromatic rings. The molecule has 0 unspecified atom stereocenters. The van der Waals surface area contributed by atoms with Crippen molar-refractivity contribution in [3.05, 3.63) is 65.6 Å². The Morgan fingerprint density at radius 3 is 2.82 bits per heavy atom. The number of phenolic OH excluding ortho intramolecular Hbond substituents is 1. The summed E-state index contributed by atoms with van der Waals surface area (Å²) in [4.78, 5) is 16.4. The zero-order chi connectivity index (χ0) is 15.5. The summed E-state index contributed by atoms with van der Waals surface area (Å²) in [5.74, 6) is 0.0629. The van der Waals surface area contributed by atoms with Gasteiger partial charge in [0, 0.05) is 18.9 Å². The van der Waals surface area contributed by atoms with E-state index >= 15 is 0 Å². The summed E-state index contributed by atoms with van der Waals surface area (Å²) in [5.41, 5.74) is 3.35. The van der Waals surface area contributed by atoms with Gasteiger partial charge in [-0.15, -0.1) is 0 Å². The number of phenols is 1. The molecule has 1 aromatic carbocycles. The predicted molar refractivity (Wildman–Crippen MR) is 84.1 cm³/mol. The van der Waals surface area contributed by atoms with Gasteiger partial charge in [-0.05, 0) is 48.7 Å². The highest BCUT2D eigenvalue weighted by molar-refractivity contribution is 5.92. The summed E-state index contributed by atoms with van der Waals surface area (Å²) in [6.07, 6.45) is 4.33. The van der Waals surface area contributed by atoms with Crippen molar-refractivity contribution >= 4 is 11.6 Å². The van der Waals surface area contributed by atoms with Gasteiger partial charge in [0.25, 0.3) is 5.91 Å². The molecule has 22 heavy (non-hydrogen) atoms. The van der Waals surface area contributed by atoms with Crippen molar-refractivity contribution in [2.45, 2.75) is 13.3 Å². The summed E-state index contributed by atoms with van der Waals surface area (Å²) in [7, 11) is 0. The summed E-state index contributed by atoms with van der Waals surface area (Å²) in [5, 5.41) is 12.1. The van der Waals surface area contributed by atoms with E-state index in [0.29, 0.717) is 18.7 Å². The highest BCUT2D eigenvalue weighted by Gasteiger charge is 2.10. The maximum atomic E-state index is 12.1. The number of fused-ring (bicyclic) bond motifs is 1. The Morgan fingerprint density at radius 2 is 2.05 bits per heavy atom. The van der Waals surface area contributed by atoms with Gasteiger partial charge in [0.1, 0.15) is 17.1 Å². The first kappa shape index (κ1) is 14.1. The van der Waals surface area contributed by atoms with Crippen LogP contribution in [0, 0.1) is 6.92 Å². The van der Waals surface area contributed by atoms with Gasteiger partial charge in [0.2, 0.25) is 0 Å². The fourth-order valence-electron chi connectivity index (χ4n) is 2.27. The van der Waals surface area contributed by atoms with Crippen molar-refractivity contribution in [3.8, 4) is 5.75 Å². The molecule has 0 fully saturated rings. The lowest BCUT2D eigenvalue weighted by atomic mass is 10.1. The SMILES string of the molecule is Cc1ccn2cc(C(=O)NCCc3ccc(O)cc3)nc2c1. The number of aryl methyl sites for hydroxylation is 1. The minimum atomic E-state index is -0.180. The van der Waals surface area contributed by atoms with Crippen LogP contribution < -0.4 is 5.32 Å². The van der Waals surface area contributed by atoms with E-state index in [-0.39, 0.29) is 11.7 Å². The van der Waals surface area contributed by atoms with Crippen LogP contribution in [0.15, 0.2) is 48.8 Å². The van der Waals surface area contributed by atoms with E-state index in [0.717, 1.165) is 16.8 Å². The molecule has 112 valence electrons. The number of pyridine rings is 1. The van der Waals surface area contributed by atoms with Crippen LogP contribution in [0.5, 0.6) is 5.75 Å². The van der Waals surface area contributed by atoms with Gasteiger partial charge in [-0.3, -0.25) is 4.79 Å². The molecular formula is C17H17N3O2. The average molecular weight is 295 g/mol. The number of carbonyl (C=O) groups is 1. The van der Waals surface area contributed by atoms with Gasteiger partial charge in [-0.1, -0.05) is 12.1 Å². The average Bonchev–Trinajstić information content (AvgIpc) is 2.92. The van der Waals surface area contributed by atoms with Gasteiger partial charge >= 0.3 is 0 Å². The summed E-state index contributed by atoms with van der Waals surface area (Å²) >= 11 is 0. The third kappa shape index (κ3) is 3.09. The maximum absolute atomic E-state index is 12.1. The van der Waals surface area contributed by atoms with E-state index < -0.39 is 0 Å². The van der Waals surface area contributed by atoms with Crippen LogP contribution in [0.2, 0.25) is 0 Å². The topological polar surface area (TPSA) is 66.6 Å². The van der Waals surface area contributed by atoms with Crippen molar-refractivity contribution < 1.29 is 9.90 Å². The fourth-order valence-corrected chi connectivity index (χ4v) is 2.27. The Bertz CT molecular complexity index is 806. The molecule has 1 amide bonds. The van der Waals surface area contributed by atoms with Crippen LogP contribution in [-0.4, -0.2) is 26.9 Å². The molecule has 5 heteroatoms. The number of nitrogens with zero attached hydrogens (tertiary/aromatic N) is 2. The molecule has 3 rings (SSSR count). The maximum Gasteiger partial charge on any atom is 0.271 e. The minimum absolute atomic E-state index is 0.180. The molecule has 0 saturated heterocycles. The van der Waals surface area contributed by atoms with Crippen LogP contribution in [0.4, 0.5) is 0 Å². The zero-order valence-corrected chi connectivity index (χ0v) is 12.3. The Kier molecular flexibility index (Phi) is 3.78. The smallest absolute Gasteiger partial charge is 0.271 e. The quantitative estimate of drug-likeness (QED) is 0.776. The van der Waals surface area contributed by atoms with E-state index in [1.807, 2.05) is 41.8 Å². The first-order valence-corrected chi connectivity index (χ1v) is 7.13. The third-order valence-corrected chi connectivity index (χ3v) is 3.48.